The van der Waals surface area contributed by atoms with Crippen LogP contribution in [0, 0.1) is 6.92 Å². The Balaban J connectivity index is 2.07. The summed E-state index contributed by atoms with van der Waals surface area (Å²) >= 11 is 12.2. The normalized spacial score (nSPS) is 10.9. The molecule has 0 aliphatic carbocycles. The van der Waals surface area contributed by atoms with Crippen LogP contribution in [0.25, 0.3) is 0 Å². The molecule has 0 bridgehead atoms. The van der Waals surface area contributed by atoms with Crippen LogP contribution < -0.4 is 10.1 Å². The van der Waals surface area contributed by atoms with Gasteiger partial charge in [-0.05, 0) is 24.6 Å². The molecular formula is C15H24Cl2NO3+. The van der Waals surface area contributed by atoms with Crippen molar-refractivity contribution in [3.8, 4) is 5.75 Å². The maximum Gasteiger partial charge on any atom is 0.156 e. The fourth-order valence-electron chi connectivity index (χ4n) is 1.81. The highest BCUT2D eigenvalue weighted by Gasteiger charge is 2.08. The van der Waals surface area contributed by atoms with Crippen molar-refractivity contribution in [3.05, 3.63) is 27.7 Å². The predicted molar refractivity (Wildman–Crippen MR) is 85.7 cm³/mol. The summed E-state index contributed by atoms with van der Waals surface area (Å²) in [6.07, 6.45) is 1.06. The molecule has 0 aliphatic heterocycles. The second kappa shape index (κ2) is 11.1. The molecule has 2 N–H and O–H groups in total. The summed E-state index contributed by atoms with van der Waals surface area (Å²) in [4.78, 5) is 0. The van der Waals surface area contributed by atoms with E-state index >= 15 is 0 Å². The quantitative estimate of drug-likeness (QED) is 0.630. The van der Waals surface area contributed by atoms with Gasteiger partial charge in [0.2, 0.25) is 0 Å². The number of hydrogen-bond acceptors (Lipinski definition) is 3. The second-order valence-electron chi connectivity index (χ2n) is 4.73. The van der Waals surface area contributed by atoms with Crippen molar-refractivity contribution < 1.29 is 19.5 Å². The lowest BCUT2D eigenvalue weighted by atomic mass is 10.2. The maximum absolute atomic E-state index is 6.09. The first-order valence-electron chi connectivity index (χ1n) is 7.12. The molecule has 6 heteroatoms. The highest BCUT2D eigenvalue weighted by molar-refractivity contribution is 6.37. The van der Waals surface area contributed by atoms with Gasteiger partial charge in [0.15, 0.2) is 5.75 Å². The molecule has 0 heterocycles. The number of aryl methyl sites for hydroxylation is 1. The molecule has 0 atom stereocenters. The van der Waals surface area contributed by atoms with Crippen LogP contribution in [-0.4, -0.2) is 46.6 Å². The zero-order chi connectivity index (χ0) is 15.5. The second-order valence-corrected chi connectivity index (χ2v) is 5.55. The van der Waals surface area contributed by atoms with Crippen LogP contribution in [0.3, 0.4) is 0 Å². The molecule has 0 aliphatic rings. The Kier molecular flexibility index (Phi) is 9.79. The number of methoxy groups -OCH3 is 1. The topological polar surface area (TPSA) is 44.3 Å². The van der Waals surface area contributed by atoms with Gasteiger partial charge in [0.25, 0.3) is 0 Å². The van der Waals surface area contributed by atoms with E-state index in [2.05, 4.69) is 5.32 Å². The number of halogens is 2. The van der Waals surface area contributed by atoms with Crippen LogP contribution in [0.2, 0.25) is 10.0 Å². The fourth-order valence-corrected chi connectivity index (χ4v) is 2.52. The Morgan fingerprint density at radius 3 is 2.38 bits per heavy atom. The minimum atomic E-state index is 0.437. The number of hydrogen-bond donors (Lipinski definition) is 1. The Bertz CT molecular complexity index is 393. The molecular weight excluding hydrogens is 313 g/mol. The molecule has 21 heavy (non-hydrogen) atoms. The van der Waals surface area contributed by atoms with Gasteiger partial charge in [-0.2, -0.15) is 0 Å². The van der Waals surface area contributed by atoms with Gasteiger partial charge in [-0.25, -0.2) is 0 Å². The molecule has 0 aromatic heterocycles. The third-order valence-electron chi connectivity index (χ3n) is 2.84. The van der Waals surface area contributed by atoms with E-state index < -0.39 is 0 Å². The van der Waals surface area contributed by atoms with Gasteiger partial charge in [0.1, 0.15) is 6.61 Å². The van der Waals surface area contributed by atoms with E-state index in [4.69, 9.17) is 37.4 Å². The molecule has 0 amide bonds. The van der Waals surface area contributed by atoms with E-state index in [0.29, 0.717) is 35.6 Å². The average Bonchev–Trinajstić information content (AvgIpc) is 2.43. The fraction of sp³-hybridized carbons (Fsp3) is 0.600. The molecule has 1 rings (SSSR count). The number of nitrogens with two attached hydrogens (primary N) is 1. The van der Waals surface area contributed by atoms with Gasteiger partial charge in [-0.1, -0.05) is 23.2 Å². The van der Waals surface area contributed by atoms with Crippen molar-refractivity contribution >= 4 is 23.2 Å². The number of ether oxygens (including phenoxy) is 3. The van der Waals surface area contributed by atoms with E-state index in [1.54, 1.807) is 7.11 Å². The number of rotatable bonds is 11. The number of benzene rings is 1. The van der Waals surface area contributed by atoms with Gasteiger partial charge in [-0.15, -0.1) is 0 Å². The van der Waals surface area contributed by atoms with Crippen LogP contribution in [0.15, 0.2) is 12.1 Å². The summed E-state index contributed by atoms with van der Waals surface area (Å²) < 4.78 is 16.0. The molecule has 0 fully saturated rings. The van der Waals surface area contributed by atoms with Crippen molar-refractivity contribution in [3.63, 3.8) is 0 Å². The SMILES string of the molecule is COCCC[NH2+]CCOCCOc1c(Cl)cc(C)cc1Cl. The van der Waals surface area contributed by atoms with Crippen molar-refractivity contribution in [1.29, 1.82) is 0 Å². The minimum absolute atomic E-state index is 0.437. The summed E-state index contributed by atoms with van der Waals surface area (Å²) in [6.45, 7) is 6.40. The van der Waals surface area contributed by atoms with E-state index in [0.717, 1.165) is 31.7 Å². The van der Waals surface area contributed by atoms with Gasteiger partial charge in [0.05, 0.1) is 43.0 Å². The van der Waals surface area contributed by atoms with E-state index in [9.17, 15) is 0 Å². The van der Waals surface area contributed by atoms with Crippen molar-refractivity contribution in [1.82, 2.24) is 0 Å². The lowest BCUT2D eigenvalue weighted by Crippen LogP contribution is -2.85. The van der Waals surface area contributed by atoms with Crippen LogP contribution >= 0.6 is 23.2 Å². The Morgan fingerprint density at radius 2 is 1.71 bits per heavy atom. The van der Waals surface area contributed by atoms with Gasteiger partial charge >= 0.3 is 0 Å². The van der Waals surface area contributed by atoms with Crippen LogP contribution in [-0.2, 0) is 9.47 Å². The highest BCUT2D eigenvalue weighted by Crippen LogP contribution is 2.33. The zero-order valence-electron chi connectivity index (χ0n) is 12.7. The summed E-state index contributed by atoms with van der Waals surface area (Å²) in [5.41, 5.74) is 1.01. The molecule has 0 saturated heterocycles. The Labute approximate surface area is 136 Å². The van der Waals surface area contributed by atoms with Crippen molar-refractivity contribution in [2.45, 2.75) is 13.3 Å². The Morgan fingerprint density at radius 1 is 1.00 bits per heavy atom. The first-order chi connectivity index (χ1) is 10.1. The molecule has 0 spiro atoms. The maximum atomic E-state index is 6.09. The van der Waals surface area contributed by atoms with Crippen LogP contribution in [0.4, 0.5) is 0 Å². The minimum Gasteiger partial charge on any atom is -0.488 e. The van der Waals surface area contributed by atoms with Crippen LogP contribution in [0.1, 0.15) is 12.0 Å². The average molecular weight is 337 g/mol. The zero-order valence-corrected chi connectivity index (χ0v) is 14.2. The van der Waals surface area contributed by atoms with Gasteiger partial charge < -0.3 is 19.5 Å². The third-order valence-corrected chi connectivity index (χ3v) is 3.40. The summed E-state index contributed by atoms with van der Waals surface area (Å²) in [7, 11) is 1.72. The first-order valence-corrected chi connectivity index (χ1v) is 7.87. The smallest absolute Gasteiger partial charge is 0.156 e. The lowest BCUT2D eigenvalue weighted by molar-refractivity contribution is -0.656. The standard InChI is InChI=1S/C15H23Cl2NO3/c1-12-10-13(16)15(14(17)11-12)21-9-8-20-7-5-18-4-3-6-19-2/h10-11,18H,3-9H2,1-2H3/p+1. The molecule has 1 aromatic rings. The first kappa shape index (κ1) is 18.5. The van der Waals surface area contributed by atoms with Crippen molar-refractivity contribution in [2.24, 2.45) is 0 Å². The molecule has 4 nitrogen and oxygen atoms in total. The van der Waals surface area contributed by atoms with Crippen LogP contribution in [0.5, 0.6) is 5.75 Å². The van der Waals surface area contributed by atoms with E-state index in [1.807, 2.05) is 19.1 Å². The third kappa shape index (κ3) is 7.88. The molecule has 0 saturated carbocycles. The van der Waals surface area contributed by atoms with E-state index in [1.165, 1.54) is 0 Å². The monoisotopic (exact) mass is 336 g/mol. The van der Waals surface area contributed by atoms with Crippen molar-refractivity contribution in [2.75, 3.05) is 46.6 Å². The Hall–Kier alpha value is -0.520. The van der Waals surface area contributed by atoms with Gasteiger partial charge in [0, 0.05) is 13.5 Å². The number of quaternary nitrogens is 1. The summed E-state index contributed by atoms with van der Waals surface area (Å²) in [5, 5.41) is 3.28. The molecule has 0 unspecified atom stereocenters. The predicted octanol–water partition coefficient (Wildman–Crippen LogP) is 2.30. The summed E-state index contributed by atoms with van der Waals surface area (Å²) in [5.74, 6) is 0.527. The van der Waals surface area contributed by atoms with Gasteiger partial charge in [-0.3, -0.25) is 0 Å². The molecule has 1 aromatic carbocycles. The van der Waals surface area contributed by atoms with E-state index in [-0.39, 0.29) is 0 Å². The summed E-state index contributed by atoms with van der Waals surface area (Å²) in [6, 6.07) is 3.66. The lowest BCUT2D eigenvalue weighted by Gasteiger charge is -2.11. The largest absolute Gasteiger partial charge is 0.488 e. The highest BCUT2D eigenvalue weighted by atomic mass is 35.5. The molecule has 120 valence electrons. The molecule has 0 radical (unpaired) electrons.